The van der Waals surface area contributed by atoms with Gasteiger partial charge in [0.15, 0.2) is 0 Å². The molecule has 5 heteroatoms. The number of nitrogens with one attached hydrogen (secondary N) is 2. The Balaban J connectivity index is 1.88. The minimum Gasteiger partial charge on any atom is -0.495 e. The molecule has 92 valence electrons. The highest BCUT2D eigenvalue weighted by Crippen LogP contribution is 2.27. The first kappa shape index (κ1) is 12.2. The molecule has 0 saturated heterocycles. The number of anilines is 1. The lowest BCUT2D eigenvalue weighted by Crippen LogP contribution is -2.29. The van der Waals surface area contributed by atoms with Crippen LogP contribution in [0.3, 0.4) is 0 Å². The Morgan fingerprint density at radius 2 is 2.29 bits per heavy atom. The Morgan fingerprint density at radius 1 is 1.53 bits per heavy atom. The number of ether oxygens (including phenoxy) is 1. The Morgan fingerprint density at radius 3 is 2.88 bits per heavy atom. The number of rotatable bonds is 5. The first-order valence-corrected chi connectivity index (χ1v) is 5.93. The highest BCUT2D eigenvalue weighted by Gasteiger charge is 2.21. The Hall–Kier alpha value is -1.26. The average Bonchev–Trinajstić information content (AvgIpc) is 3.10. The Labute approximate surface area is 105 Å². The summed E-state index contributed by atoms with van der Waals surface area (Å²) in [5.74, 6) is 0.541. The molecular formula is C12H15ClN2O2. The van der Waals surface area contributed by atoms with Crippen LogP contribution in [0.25, 0.3) is 0 Å². The smallest absolute Gasteiger partial charge is 0.238 e. The molecule has 0 unspecified atom stereocenters. The molecule has 0 atom stereocenters. The fourth-order valence-electron chi connectivity index (χ4n) is 1.47. The predicted octanol–water partition coefficient (Wildman–Crippen LogP) is 2.04. The number of hydrogen-bond donors (Lipinski definition) is 2. The van der Waals surface area contributed by atoms with E-state index in [1.54, 1.807) is 25.3 Å². The van der Waals surface area contributed by atoms with Gasteiger partial charge in [-0.25, -0.2) is 0 Å². The zero-order valence-corrected chi connectivity index (χ0v) is 10.4. The lowest BCUT2D eigenvalue weighted by Gasteiger charge is -2.08. The maximum absolute atomic E-state index is 11.6. The van der Waals surface area contributed by atoms with E-state index in [9.17, 15) is 4.79 Å². The second-order valence-corrected chi connectivity index (χ2v) is 4.46. The van der Waals surface area contributed by atoms with Crippen molar-refractivity contribution in [3.63, 3.8) is 0 Å². The van der Waals surface area contributed by atoms with Gasteiger partial charge in [0.25, 0.3) is 0 Å². The molecule has 2 N–H and O–H groups in total. The van der Waals surface area contributed by atoms with Gasteiger partial charge < -0.3 is 15.4 Å². The summed E-state index contributed by atoms with van der Waals surface area (Å²) < 4.78 is 5.04. The van der Waals surface area contributed by atoms with Crippen LogP contribution in [0.15, 0.2) is 18.2 Å². The van der Waals surface area contributed by atoms with Crippen LogP contribution in [0.1, 0.15) is 12.8 Å². The fourth-order valence-corrected chi connectivity index (χ4v) is 1.73. The molecule has 2 rings (SSSR count). The van der Waals surface area contributed by atoms with Crippen LogP contribution in [0.2, 0.25) is 5.02 Å². The van der Waals surface area contributed by atoms with Gasteiger partial charge in [0.1, 0.15) is 5.75 Å². The van der Waals surface area contributed by atoms with Crippen LogP contribution in [0.5, 0.6) is 5.75 Å². The molecule has 0 spiro atoms. The maximum Gasteiger partial charge on any atom is 0.238 e. The summed E-state index contributed by atoms with van der Waals surface area (Å²) in [5, 5.41) is 6.41. The van der Waals surface area contributed by atoms with E-state index in [0.29, 0.717) is 29.0 Å². The number of benzene rings is 1. The third-order valence-electron chi connectivity index (χ3n) is 2.56. The van der Waals surface area contributed by atoms with Crippen LogP contribution in [0, 0.1) is 0 Å². The van der Waals surface area contributed by atoms with Gasteiger partial charge in [0.2, 0.25) is 5.91 Å². The van der Waals surface area contributed by atoms with E-state index in [1.807, 2.05) is 0 Å². The number of carbonyl (C=O) groups is 1. The molecule has 1 aliphatic carbocycles. The van der Waals surface area contributed by atoms with E-state index >= 15 is 0 Å². The predicted molar refractivity (Wildman–Crippen MR) is 67.7 cm³/mol. The van der Waals surface area contributed by atoms with Gasteiger partial charge in [0, 0.05) is 11.7 Å². The molecule has 0 aromatic heterocycles. The van der Waals surface area contributed by atoms with E-state index in [1.165, 1.54) is 12.8 Å². The SMILES string of the molecule is COc1ccc(NC(=O)CNC2CC2)cc1Cl. The molecule has 1 aromatic carbocycles. The van der Waals surface area contributed by atoms with E-state index in [2.05, 4.69) is 10.6 Å². The standard InChI is InChI=1S/C12H15ClN2O2/c1-17-11-5-4-9(6-10(11)13)15-12(16)7-14-8-2-3-8/h4-6,8,14H,2-3,7H2,1H3,(H,15,16). The van der Waals surface area contributed by atoms with Crippen LogP contribution in [-0.2, 0) is 4.79 Å². The number of amides is 1. The first-order valence-electron chi connectivity index (χ1n) is 5.56. The summed E-state index contributed by atoms with van der Waals surface area (Å²) in [4.78, 5) is 11.6. The van der Waals surface area contributed by atoms with Crippen molar-refractivity contribution in [2.45, 2.75) is 18.9 Å². The minimum atomic E-state index is -0.0573. The molecule has 1 saturated carbocycles. The molecule has 1 fully saturated rings. The highest BCUT2D eigenvalue weighted by molar-refractivity contribution is 6.32. The summed E-state index contributed by atoms with van der Waals surface area (Å²) in [5.41, 5.74) is 0.679. The van der Waals surface area contributed by atoms with Gasteiger partial charge in [-0.05, 0) is 31.0 Å². The lowest BCUT2D eigenvalue weighted by molar-refractivity contribution is -0.115. The van der Waals surface area contributed by atoms with Crippen molar-refractivity contribution in [1.82, 2.24) is 5.32 Å². The Kier molecular flexibility index (Phi) is 3.86. The average molecular weight is 255 g/mol. The molecule has 0 aliphatic heterocycles. The summed E-state index contributed by atoms with van der Waals surface area (Å²) in [6, 6.07) is 5.70. The van der Waals surface area contributed by atoms with E-state index in [-0.39, 0.29) is 5.91 Å². The summed E-state index contributed by atoms with van der Waals surface area (Å²) in [6.07, 6.45) is 2.34. The number of methoxy groups -OCH3 is 1. The largest absolute Gasteiger partial charge is 0.495 e. The molecule has 0 heterocycles. The zero-order valence-electron chi connectivity index (χ0n) is 9.63. The molecule has 17 heavy (non-hydrogen) atoms. The number of hydrogen-bond acceptors (Lipinski definition) is 3. The summed E-state index contributed by atoms with van der Waals surface area (Å²) in [6.45, 7) is 0.342. The van der Waals surface area contributed by atoms with Crippen molar-refractivity contribution >= 4 is 23.2 Å². The normalized spacial score (nSPS) is 14.5. The summed E-state index contributed by atoms with van der Waals surface area (Å²) >= 11 is 5.96. The van der Waals surface area contributed by atoms with Crippen molar-refractivity contribution in [2.24, 2.45) is 0 Å². The van der Waals surface area contributed by atoms with Crippen molar-refractivity contribution in [2.75, 3.05) is 19.0 Å². The Bertz CT molecular complexity index is 419. The van der Waals surface area contributed by atoms with Crippen LogP contribution < -0.4 is 15.4 Å². The topological polar surface area (TPSA) is 50.4 Å². The minimum absolute atomic E-state index is 0.0573. The van der Waals surface area contributed by atoms with Gasteiger partial charge in [-0.2, -0.15) is 0 Å². The van der Waals surface area contributed by atoms with Gasteiger partial charge in [-0.1, -0.05) is 11.6 Å². The quantitative estimate of drug-likeness (QED) is 0.846. The van der Waals surface area contributed by atoms with Gasteiger partial charge >= 0.3 is 0 Å². The van der Waals surface area contributed by atoms with E-state index in [4.69, 9.17) is 16.3 Å². The molecule has 0 bridgehead atoms. The van der Waals surface area contributed by atoms with Crippen LogP contribution in [0.4, 0.5) is 5.69 Å². The van der Waals surface area contributed by atoms with Gasteiger partial charge in [-0.3, -0.25) is 4.79 Å². The van der Waals surface area contributed by atoms with Gasteiger partial charge in [-0.15, -0.1) is 0 Å². The third-order valence-corrected chi connectivity index (χ3v) is 2.86. The second kappa shape index (κ2) is 5.38. The molecule has 0 radical (unpaired) electrons. The molecule has 1 aliphatic rings. The highest BCUT2D eigenvalue weighted by atomic mass is 35.5. The molecular weight excluding hydrogens is 240 g/mol. The van der Waals surface area contributed by atoms with E-state index < -0.39 is 0 Å². The second-order valence-electron chi connectivity index (χ2n) is 4.05. The van der Waals surface area contributed by atoms with Gasteiger partial charge in [0.05, 0.1) is 18.7 Å². The molecule has 1 amide bonds. The number of halogens is 1. The van der Waals surface area contributed by atoms with E-state index in [0.717, 1.165) is 0 Å². The van der Waals surface area contributed by atoms with Crippen molar-refractivity contribution in [3.8, 4) is 5.75 Å². The monoisotopic (exact) mass is 254 g/mol. The molecule has 1 aromatic rings. The van der Waals surface area contributed by atoms with Crippen molar-refractivity contribution in [1.29, 1.82) is 0 Å². The third kappa shape index (κ3) is 3.61. The fraction of sp³-hybridized carbons (Fsp3) is 0.417. The zero-order chi connectivity index (χ0) is 12.3. The first-order chi connectivity index (χ1) is 8.19. The van der Waals surface area contributed by atoms with Crippen molar-refractivity contribution < 1.29 is 9.53 Å². The van der Waals surface area contributed by atoms with Crippen LogP contribution in [-0.4, -0.2) is 25.6 Å². The van der Waals surface area contributed by atoms with Crippen molar-refractivity contribution in [3.05, 3.63) is 23.2 Å². The maximum atomic E-state index is 11.6. The number of carbonyl (C=O) groups excluding carboxylic acids is 1. The summed E-state index contributed by atoms with van der Waals surface area (Å²) in [7, 11) is 1.55. The molecule has 4 nitrogen and oxygen atoms in total. The van der Waals surface area contributed by atoms with Crippen LogP contribution >= 0.6 is 11.6 Å². The lowest BCUT2D eigenvalue weighted by atomic mass is 10.3.